The number of ether oxygens (including phenoxy) is 2. The normalized spacial score (nSPS) is 15.5. The molecule has 37 heavy (non-hydrogen) atoms. The fraction of sp³-hybridized carbons (Fsp3) is 0.286. The van der Waals surface area contributed by atoms with Gasteiger partial charge < -0.3 is 14.4 Å². The third-order valence-electron chi connectivity index (χ3n) is 5.57. The molecule has 0 aliphatic carbocycles. The maximum Gasteiger partial charge on any atom is 0.419 e. The van der Waals surface area contributed by atoms with Gasteiger partial charge in [-0.25, -0.2) is 19.1 Å². The Morgan fingerprint density at radius 3 is 2.22 bits per heavy atom. The van der Waals surface area contributed by atoms with Gasteiger partial charge >= 0.3 is 12.2 Å². The molecule has 1 aliphatic heterocycles. The van der Waals surface area contributed by atoms with Crippen molar-refractivity contribution < 1.29 is 23.9 Å². The van der Waals surface area contributed by atoms with Crippen molar-refractivity contribution in [1.29, 1.82) is 0 Å². The molecule has 1 aromatic heterocycles. The van der Waals surface area contributed by atoms with Crippen LogP contribution in [0.1, 0.15) is 37.6 Å². The van der Waals surface area contributed by atoms with E-state index >= 15 is 0 Å². The van der Waals surface area contributed by atoms with Gasteiger partial charge in [0.05, 0.1) is 12.2 Å². The zero-order valence-corrected chi connectivity index (χ0v) is 21.1. The van der Waals surface area contributed by atoms with Gasteiger partial charge in [-0.15, -0.1) is 0 Å². The van der Waals surface area contributed by atoms with Crippen LogP contribution in [0.3, 0.4) is 0 Å². The summed E-state index contributed by atoms with van der Waals surface area (Å²) >= 11 is 0. The first-order valence-electron chi connectivity index (χ1n) is 12.0. The number of hydrogen-bond acceptors (Lipinski definition) is 6. The average Bonchev–Trinajstić information content (AvgIpc) is 3.34. The van der Waals surface area contributed by atoms with E-state index in [9.17, 15) is 14.4 Å². The molecule has 9 nitrogen and oxygen atoms in total. The van der Waals surface area contributed by atoms with E-state index in [2.05, 4.69) is 4.98 Å². The van der Waals surface area contributed by atoms with E-state index in [0.29, 0.717) is 12.1 Å². The average molecular weight is 503 g/mol. The van der Waals surface area contributed by atoms with Gasteiger partial charge in [-0.05, 0) is 31.9 Å². The third-order valence-corrected chi connectivity index (χ3v) is 5.57. The van der Waals surface area contributed by atoms with E-state index in [-0.39, 0.29) is 19.1 Å². The summed E-state index contributed by atoms with van der Waals surface area (Å²) in [6.45, 7) is 5.57. The Bertz CT molecular complexity index is 1260. The Morgan fingerprint density at radius 2 is 1.57 bits per heavy atom. The molecule has 1 aliphatic rings. The summed E-state index contributed by atoms with van der Waals surface area (Å²) in [4.78, 5) is 45.9. The minimum atomic E-state index is -0.802. The van der Waals surface area contributed by atoms with E-state index in [4.69, 9.17) is 9.47 Å². The van der Waals surface area contributed by atoms with Gasteiger partial charge in [0, 0.05) is 25.0 Å². The van der Waals surface area contributed by atoms with Crippen LogP contribution in [-0.4, -0.2) is 49.1 Å². The quantitative estimate of drug-likeness (QED) is 0.484. The number of imidazole rings is 1. The number of amides is 2. The van der Waals surface area contributed by atoms with Crippen molar-refractivity contribution in [3.8, 4) is 0 Å². The van der Waals surface area contributed by atoms with Gasteiger partial charge in [-0.3, -0.25) is 9.69 Å². The molecule has 0 unspecified atom stereocenters. The number of carbonyl (C=O) groups excluding carboxylic acids is 3. The molecule has 0 saturated carbocycles. The van der Waals surface area contributed by atoms with Gasteiger partial charge in [-0.2, -0.15) is 0 Å². The standard InChI is InChI=1S/C28H30N4O5/c1-28(2,3)37-26(34)31-18-23(29-20-31)17-30-14-15-32(27(35)36-19-22-12-8-5-9-13-22)24(25(30)33)16-21-10-6-4-7-11-21/h4-15,18,20,24H,16-17,19H2,1-3H3/t24-/m0/s1. The molecule has 0 spiro atoms. The molecule has 4 rings (SSSR count). The number of aromatic nitrogens is 2. The van der Waals surface area contributed by atoms with Crippen molar-refractivity contribution in [3.63, 3.8) is 0 Å². The van der Waals surface area contributed by atoms with Crippen molar-refractivity contribution in [1.82, 2.24) is 19.4 Å². The van der Waals surface area contributed by atoms with Crippen LogP contribution in [0.2, 0.25) is 0 Å². The summed E-state index contributed by atoms with van der Waals surface area (Å²) in [6, 6.07) is 18.0. The lowest BCUT2D eigenvalue weighted by molar-refractivity contribution is -0.135. The van der Waals surface area contributed by atoms with E-state index < -0.39 is 23.8 Å². The van der Waals surface area contributed by atoms with Gasteiger partial charge in [0.2, 0.25) is 0 Å². The summed E-state index contributed by atoms with van der Waals surface area (Å²) in [5, 5.41) is 0. The molecule has 9 heteroatoms. The highest BCUT2D eigenvalue weighted by Gasteiger charge is 2.36. The van der Waals surface area contributed by atoms with Crippen molar-refractivity contribution in [3.05, 3.63) is 102 Å². The molecule has 0 bridgehead atoms. The van der Waals surface area contributed by atoms with Crippen LogP contribution in [0.5, 0.6) is 0 Å². The predicted molar refractivity (Wildman–Crippen MR) is 136 cm³/mol. The Morgan fingerprint density at radius 1 is 0.919 bits per heavy atom. The lowest BCUT2D eigenvalue weighted by Crippen LogP contribution is -2.51. The molecule has 1 atom stereocenters. The summed E-state index contributed by atoms with van der Waals surface area (Å²) in [6.07, 6.45) is 5.11. The first kappa shape index (κ1) is 25.7. The van der Waals surface area contributed by atoms with Gasteiger partial charge in [-0.1, -0.05) is 60.7 Å². The van der Waals surface area contributed by atoms with Crippen LogP contribution >= 0.6 is 0 Å². The summed E-state index contributed by atoms with van der Waals surface area (Å²) in [5.74, 6) is -0.283. The smallest absolute Gasteiger partial charge is 0.419 e. The van der Waals surface area contributed by atoms with Crippen molar-refractivity contribution in [2.45, 2.75) is 52.0 Å². The fourth-order valence-corrected chi connectivity index (χ4v) is 3.81. The predicted octanol–water partition coefficient (Wildman–Crippen LogP) is 4.73. The molecule has 2 heterocycles. The SMILES string of the molecule is CC(C)(C)OC(=O)n1cnc(CN2C=CN(C(=O)OCc3ccccc3)[C@@H](Cc3ccccc3)C2=O)c1. The first-order chi connectivity index (χ1) is 17.7. The van der Waals surface area contributed by atoms with Gasteiger partial charge in [0.25, 0.3) is 5.91 Å². The zero-order valence-electron chi connectivity index (χ0n) is 21.1. The Kier molecular flexibility index (Phi) is 7.71. The first-order valence-corrected chi connectivity index (χ1v) is 12.0. The number of rotatable bonds is 6. The van der Waals surface area contributed by atoms with E-state index in [0.717, 1.165) is 11.1 Å². The third kappa shape index (κ3) is 6.84. The fourth-order valence-electron chi connectivity index (χ4n) is 3.81. The van der Waals surface area contributed by atoms with Crippen LogP contribution in [0.25, 0.3) is 0 Å². The topological polar surface area (TPSA) is 94.0 Å². The molecule has 0 saturated heterocycles. The molecule has 2 amide bonds. The maximum absolute atomic E-state index is 13.6. The summed E-state index contributed by atoms with van der Waals surface area (Å²) in [7, 11) is 0. The lowest BCUT2D eigenvalue weighted by atomic mass is 10.0. The van der Waals surface area contributed by atoms with Crippen molar-refractivity contribution in [2.24, 2.45) is 0 Å². The second kappa shape index (κ2) is 11.1. The largest absolute Gasteiger partial charge is 0.444 e. The van der Waals surface area contributed by atoms with Crippen molar-refractivity contribution >= 4 is 18.1 Å². The lowest BCUT2D eigenvalue weighted by Gasteiger charge is -2.35. The molecule has 2 aromatic carbocycles. The molecule has 0 fully saturated rings. The van der Waals surface area contributed by atoms with Crippen LogP contribution < -0.4 is 0 Å². The Hall–Kier alpha value is -4.40. The number of hydrogen-bond donors (Lipinski definition) is 0. The van der Waals surface area contributed by atoms with E-state index in [1.807, 2.05) is 60.7 Å². The highest BCUT2D eigenvalue weighted by atomic mass is 16.6. The molecular formula is C28H30N4O5. The molecular weight excluding hydrogens is 472 g/mol. The highest BCUT2D eigenvalue weighted by molar-refractivity contribution is 5.88. The summed E-state index contributed by atoms with van der Waals surface area (Å²) < 4.78 is 12.1. The van der Waals surface area contributed by atoms with Crippen LogP contribution in [0.4, 0.5) is 9.59 Å². The van der Waals surface area contributed by atoms with Crippen molar-refractivity contribution in [2.75, 3.05) is 0 Å². The molecule has 0 N–H and O–H groups in total. The number of benzene rings is 2. The van der Waals surface area contributed by atoms with Gasteiger partial charge in [0.15, 0.2) is 0 Å². The maximum atomic E-state index is 13.6. The molecule has 3 aromatic rings. The Labute approximate surface area is 215 Å². The molecule has 0 radical (unpaired) electrons. The summed E-state index contributed by atoms with van der Waals surface area (Å²) in [5.41, 5.74) is 1.62. The highest BCUT2D eigenvalue weighted by Crippen LogP contribution is 2.21. The number of nitrogens with zero attached hydrogens (tertiary/aromatic N) is 4. The second-order valence-electron chi connectivity index (χ2n) is 9.67. The van der Waals surface area contributed by atoms with Crippen LogP contribution in [0, 0.1) is 0 Å². The van der Waals surface area contributed by atoms with Crippen LogP contribution in [-0.2, 0) is 33.8 Å². The van der Waals surface area contributed by atoms with E-state index in [1.54, 1.807) is 27.0 Å². The second-order valence-corrected chi connectivity index (χ2v) is 9.67. The minimum absolute atomic E-state index is 0.0993. The number of carbonyl (C=O) groups is 3. The monoisotopic (exact) mass is 502 g/mol. The Balaban J connectivity index is 1.50. The minimum Gasteiger partial charge on any atom is -0.444 e. The van der Waals surface area contributed by atoms with E-state index in [1.165, 1.54) is 33.1 Å². The van der Waals surface area contributed by atoms with Crippen LogP contribution in [0.15, 0.2) is 85.6 Å². The zero-order chi connectivity index (χ0) is 26.4. The van der Waals surface area contributed by atoms with Gasteiger partial charge in [0.1, 0.15) is 24.6 Å². The molecule has 192 valence electrons.